The molecule has 1 heterocycles. The fourth-order valence-electron chi connectivity index (χ4n) is 3.59. The summed E-state index contributed by atoms with van der Waals surface area (Å²) in [6.45, 7) is 9.72. The number of hydrogen-bond acceptors (Lipinski definition) is 2. The van der Waals surface area contributed by atoms with Gasteiger partial charge in [0, 0.05) is 13.1 Å². The summed E-state index contributed by atoms with van der Waals surface area (Å²) in [6.07, 6.45) is 7.02. The summed E-state index contributed by atoms with van der Waals surface area (Å²) in [4.78, 5) is 2.72. The molecule has 2 fully saturated rings. The maximum atomic E-state index is 5.75. The summed E-state index contributed by atoms with van der Waals surface area (Å²) >= 11 is 0. The predicted octanol–water partition coefficient (Wildman–Crippen LogP) is 2.73. The average Bonchev–Trinajstić information content (AvgIpc) is 2.79. The Balaban J connectivity index is 1.69. The molecule has 1 atom stereocenters. The molecule has 1 aliphatic heterocycles. The Bertz CT molecular complexity index is 219. The van der Waals surface area contributed by atoms with Gasteiger partial charge in [-0.15, -0.1) is 0 Å². The predicted molar refractivity (Wildman–Crippen MR) is 73.9 cm³/mol. The van der Waals surface area contributed by atoms with E-state index >= 15 is 0 Å². The molecule has 1 saturated heterocycles. The van der Waals surface area contributed by atoms with Gasteiger partial charge in [-0.3, -0.25) is 0 Å². The molecule has 0 radical (unpaired) electrons. The van der Waals surface area contributed by atoms with Crippen LogP contribution < -0.4 is 5.73 Å². The molecule has 2 aliphatic rings. The smallest absolute Gasteiger partial charge is 0.00127 e. The highest BCUT2D eigenvalue weighted by Crippen LogP contribution is 2.31. The van der Waals surface area contributed by atoms with Gasteiger partial charge in [0.25, 0.3) is 0 Å². The van der Waals surface area contributed by atoms with E-state index in [4.69, 9.17) is 5.73 Å². The SMILES string of the molecule is CC(C)C1CCN(CC2CCC(CN)CC2)C1. The highest BCUT2D eigenvalue weighted by molar-refractivity contribution is 4.81. The molecule has 2 nitrogen and oxygen atoms in total. The molecule has 100 valence electrons. The van der Waals surface area contributed by atoms with Crippen molar-refractivity contribution in [2.75, 3.05) is 26.2 Å². The van der Waals surface area contributed by atoms with Crippen LogP contribution in [0.1, 0.15) is 46.0 Å². The summed E-state index contributed by atoms with van der Waals surface area (Å²) in [7, 11) is 0. The van der Waals surface area contributed by atoms with E-state index in [1.165, 1.54) is 51.7 Å². The van der Waals surface area contributed by atoms with Gasteiger partial charge >= 0.3 is 0 Å². The highest BCUT2D eigenvalue weighted by atomic mass is 15.1. The number of likely N-dealkylation sites (tertiary alicyclic amines) is 1. The minimum absolute atomic E-state index is 0.827. The van der Waals surface area contributed by atoms with Crippen molar-refractivity contribution < 1.29 is 0 Å². The van der Waals surface area contributed by atoms with Gasteiger partial charge in [0.1, 0.15) is 0 Å². The second kappa shape index (κ2) is 6.19. The van der Waals surface area contributed by atoms with Crippen molar-refractivity contribution in [2.45, 2.75) is 46.0 Å². The minimum Gasteiger partial charge on any atom is -0.330 e. The van der Waals surface area contributed by atoms with Gasteiger partial charge in [0.15, 0.2) is 0 Å². The van der Waals surface area contributed by atoms with Crippen molar-refractivity contribution in [2.24, 2.45) is 29.4 Å². The van der Waals surface area contributed by atoms with Crippen LogP contribution in [0.15, 0.2) is 0 Å². The molecule has 0 spiro atoms. The van der Waals surface area contributed by atoms with E-state index < -0.39 is 0 Å². The number of hydrogen-bond donors (Lipinski definition) is 1. The summed E-state index contributed by atoms with van der Waals surface area (Å²) in [6, 6.07) is 0. The van der Waals surface area contributed by atoms with Gasteiger partial charge in [-0.05, 0) is 68.9 Å². The Morgan fingerprint density at radius 3 is 2.24 bits per heavy atom. The van der Waals surface area contributed by atoms with Crippen LogP contribution in [0.4, 0.5) is 0 Å². The standard InChI is InChI=1S/C15H30N2/c1-12(2)15-7-8-17(11-15)10-14-5-3-13(9-16)4-6-14/h12-15H,3-11,16H2,1-2H3. The van der Waals surface area contributed by atoms with Gasteiger partial charge in [-0.2, -0.15) is 0 Å². The van der Waals surface area contributed by atoms with Crippen LogP contribution in [0.5, 0.6) is 0 Å². The van der Waals surface area contributed by atoms with E-state index in [0.29, 0.717) is 0 Å². The minimum atomic E-state index is 0.827. The largest absolute Gasteiger partial charge is 0.330 e. The first-order valence-corrected chi connectivity index (χ1v) is 7.61. The summed E-state index contributed by atoms with van der Waals surface area (Å²) < 4.78 is 0. The van der Waals surface area contributed by atoms with E-state index in [9.17, 15) is 0 Å². The lowest BCUT2D eigenvalue weighted by Crippen LogP contribution is -2.31. The Labute approximate surface area is 107 Å². The highest BCUT2D eigenvalue weighted by Gasteiger charge is 2.28. The van der Waals surface area contributed by atoms with Crippen LogP contribution in [-0.2, 0) is 0 Å². The molecule has 2 N–H and O–H groups in total. The fraction of sp³-hybridized carbons (Fsp3) is 1.00. The molecule has 17 heavy (non-hydrogen) atoms. The molecule has 1 aliphatic carbocycles. The second-order valence-corrected chi connectivity index (χ2v) is 6.67. The van der Waals surface area contributed by atoms with Crippen molar-refractivity contribution in [1.82, 2.24) is 4.90 Å². The van der Waals surface area contributed by atoms with Crippen LogP contribution in [-0.4, -0.2) is 31.1 Å². The lowest BCUT2D eigenvalue weighted by atomic mass is 9.82. The van der Waals surface area contributed by atoms with Crippen LogP contribution in [0.25, 0.3) is 0 Å². The van der Waals surface area contributed by atoms with E-state index in [-0.39, 0.29) is 0 Å². The van der Waals surface area contributed by atoms with Crippen LogP contribution in [0.2, 0.25) is 0 Å². The van der Waals surface area contributed by atoms with Crippen molar-refractivity contribution in [3.05, 3.63) is 0 Å². The first-order chi connectivity index (χ1) is 8.19. The zero-order valence-electron chi connectivity index (χ0n) is 11.7. The Kier molecular flexibility index (Phi) is 4.87. The molecule has 2 rings (SSSR count). The van der Waals surface area contributed by atoms with Crippen molar-refractivity contribution in [1.29, 1.82) is 0 Å². The third-order valence-electron chi connectivity index (χ3n) is 5.07. The summed E-state index contributed by atoms with van der Waals surface area (Å²) in [5.41, 5.74) is 5.75. The topological polar surface area (TPSA) is 29.3 Å². The molecule has 0 aromatic carbocycles. The van der Waals surface area contributed by atoms with E-state index in [1.54, 1.807) is 0 Å². The lowest BCUT2D eigenvalue weighted by Gasteiger charge is -2.30. The van der Waals surface area contributed by atoms with Gasteiger partial charge in [0.05, 0.1) is 0 Å². The Morgan fingerprint density at radius 1 is 1.06 bits per heavy atom. The molecular weight excluding hydrogens is 208 g/mol. The van der Waals surface area contributed by atoms with Crippen LogP contribution in [0.3, 0.4) is 0 Å². The number of rotatable bonds is 4. The molecule has 0 aromatic rings. The zero-order chi connectivity index (χ0) is 12.3. The van der Waals surface area contributed by atoms with Gasteiger partial charge in [-0.25, -0.2) is 0 Å². The van der Waals surface area contributed by atoms with Crippen molar-refractivity contribution in [3.63, 3.8) is 0 Å². The number of nitrogens with zero attached hydrogens (tertiary/aromatic N) is 1. The molecule has 1 saturated carbocycles. The molecule has 0 bridgehead atoms. The maximum absolute atomic E-state index is 5.75. The molecular formula is C15H30N2. The molecule has 0 aromatic heterocycles. The molecule has 0 amide bonds. The van der Waals surface area contributed by atoms with Gasteiger partial charge < -0.3 is 10.6 Å². The summed E-state index contributed by atoms with van der Waals surface area (Å²) in [5, 5.41) is 0. The van der Waals surface area contributed by atoms with Crippen LogP contribution >= 0.6 is 0 Å². The first kappa shape index (κ1) is 13.4. The van der Waals surface area contributed by atoms with E-state index in [2.05, 4.69) is 18.7 Å². The maximum Gasteiger partial charge on any atom is 0.00127 e. The number of nitrogens with two attached hydrogens (primary N) is 1. The van der Waals surface area contributed by atoms with Gasteiger partial charge in [-0.1, -0.05) is 13.8 Å². The normalized spacial score (nSPS) is 35.6. The third-order valence-corrected chi connectivity index (χ3v) is 5.07. The van der Waals surface area contributed by atoms with E-state index in [0.717, 1.165) is 30.2 Å². The molecule has 1 unspecified atom stereocenters. The molecule has 2 heteroatoms. The summed E-state index contributed by atoms with van der Waals surface area (Å²) in [5.74, 6) is 3.61. The quantitative estimate of drug-likeness (QED) is 0.816. The zero-order valence-corrected chi connectivity index (χ0v) is 11.7. The van der Waals surface area contributed by atoms with E-state index in [1.807, 2.05) is 0 Å². The average molecular weight is 238 g/mol. The lowest BCUT2D eigenvalue weighted by molar-refractivity contribution is 0.198. The van der Waals surface area contributed by atoms with Crippen molar-refractivity contribution >= 4 is 0 Å². The monoisotopic (exact) mass is 238 g/mol. The first-order valence-electron chi connectivity index (χ1n) is 7.61. The fourth-order valence-corrected chi connectivity index (χ4v) is 3.59. The second-order valence-electron chi connectivity index (χ2n) is 6.67. The van der Waals surface area contributed by atoms with Crippen LogP contribution in [0, 0.1) is 23.7 Å². The van der Waals surface area contributed by atoms with Gasteiger partial charge in [0.2, 0.25) is 0 Å². The third kappa shape index (κ3) is 3.69. The Morgan fingerprint density at radius 2 is 1.71 bits per heavy atom. The Hall–Kier alpha value is -0.0800. The van der Waals surface area contributed by atoms with Crippen molar-refractivity contribution in [3.8, 4) is 0 Å².